The number of hydrogen-bond donors (Lipinski definition) is 3. The lowest BCUT2D eigenvalue weighted by atomic mass is 10.2. The van der Waals surface area contributed by atoms with Gasteiger partial charge < -0.3 is 10.4 Å². The van der Waals surface area contributed by atoms with Gasteiger partial charge in [-0.1, -0.05) is 18.2 Å². The average molecular weight is 297 g/mol. The van der Waals surface area contributed by atoms with Crippen LogP contribution in [0.15, 0.2) is 53.6 Å². The molecule has 2 aromatic rings. The van der Waals surface area contributed by atoms with Gasteiger partial charge in [-0.15, -0.1) is 0 Å². The third kappa shape index (κ3) is 4.45. The summed E-state index contributed by atoms with van der Waals surface area (Å²) in [5, 5.41) is 15.6. The maximum absolute atomic E-state index is 10.9. The third-order valence-corrected chi connectivity index (χ3v) is 2.75. The number of rotatable bonds is 5. The number of amides is 1. The van der Waals surface area contributed by atoms with Crippen molar-refractivity contribution in [2.45, 2.75) is 6.92 Å². The number of carboxylic acids is 1. The molecule has 2 aromatic carbocycles. The van der Waals surface area contributed by atoms with Crippen molar-refractivity contribution < 1.29 is 14.7 Å². The summed E-state index contributed by atoms with van der Waals surface area (Å²) >= 11 is 0. The topological polar surface area (TPSA) is 90.8 Å². The van der Waals surface area contributed by atoms with Crippen molar-refractivity contribution in [3.63, 3.8) is 0 Å². The molecule has 0 bridgehead atoms. The molecular weight excluding hydrogens is 282 g/mol. The zero-order valence-electron chi connectivity index (χ0n) is 11.9. The van der Waals surface area contributed by atoms with Gasteiger partial charge in [0.2, 0.25) is 5.91 Å². The monoisotopic (exact) mass is 297 g/mol. The van der Waals surface area contributed by atoms with Crippen LogP contribution in [0.1, 0.15) is 22.8 Å². The average Bonchev–Trinajstić information content (AvgIpc) is 2.49. The highest BCUT2D eigenvalue weighted by atomic mass is 16.4. The molecule has 0 fully saturated rings. The Balaban J connectivity index is 1.99. The predicted molar refractivity (Wildman–Crippen MR) is 85.4 cm³/mol. The molecule has 112 valence electrons. The number of hydrazone groups is 1. The zero-order chi connectivity index (χ0) is 15.9. The van der Waals surface area contributed by atoms with E-state index in [0.29, 0.717) is 11.4 Å². The number of nitrogens with one attached hydrogen (secondary N) is 2. The zero-order valence-corrected chi connectivity index (χ0v) is 11.9. The molecule has 0 aromatic heterocycles. The molecule has 0 aliphatic heterocycles. The van der Waals surface area contributed by atoms with E-state index in [-0.39, 0.29) is 11.5 Å². The smallest absolute Gasteiger partial charge is 0.335 e. The number of nitrogens with zero attached hydrogens (tertiary/aromatic N) is 1. The van der Waals surface area contributed by atoms with E-state index in [9.17, 15) is 9.59 Å². The molecule has 0 unspecified atom stereocenters. The Kier molecular flexibility index (Phi) is 4.87. The number of carbonyl (C=O) groups excluding carboxylic acids is 1. The summed E-state index contributed by atoms with van der Waals surface area (Å²) in [6, 6.07) is 13.5. The van der Waals surface area contributed by atoms with Crippen molar-refractivity contribution in [1.82, 2.24) is 0 Å². The molecule has 0 saturated heterocycles. The van der Waals surface area contributed by atoms with Gasteiger partial charge in [-0.25, -0.2) is 4.79 Å². The number of aromatic carboxylic acids is 1. The van der Waals surface area contributed by atoms with Crippen LogP contribution in [0.2, 0.25) is 0 Å². The van der Waals surface area contributed by atoms with E-state index in [1.54, 1.807) is 30.5 Å². The van der Waals surface area contributed by atoms with E-state index < -0.39 is 5.97 Å². The summed E-state index contributed by atoms with van der Waals surface area (Å²) in [6.07, 6.45) is 1.60. The minimum atomic E-state index is -0.985. The quantitative estimate of drug-likeness (QED) is 0.584. The lowest BCUT2D eigenvalue weighted by Gasteiger charge is -2.03. The molecular formula is C16H15N3O3. The molecule has 0 aliphatic carbocycles. The fourth-order valence-electron chi connectivity index (χ4n) is 1.76. The summed E-state index contributed by atoms with van der Waals surface area (Å²) in [5.41, 5.74) is 5.11. The summed E-state index contributed by atoms with van der Waals surface area (Å²) in [7, 11) is 0. The number of carboxylic acid groups (broad SMARTS) is 1. The summed E-state index contributed by atoms with van der Waals surface area (Å²) in [6.45, 7) is 1.45. The van der Waals surface area contributed by atoms with Gasteiger partial charge in [0.15, 0.2) is 0 Å². The molecule has 6 heteroatoms. The van der Waals surface area contributed by atoms with Crippen LogP contribution in [0.25, 0.3) is 0 Å². The fourth-order valence-corrected chi connectivity index (χ4v) is 1.76. The van der Waals surface area contributed by atoms with Gasteiger partial charge in [-0.3, -0.25) is 10.2 Å². The van der Waals surface area contributed by atoms with Crippen molar-refractivity contribution >= 4 is 29.5 Å². The summed E-state index contributed by atoms with van der Waals surface area (Å²) < 4.78 is 0. The predicted octanol–water partition coefficient (Wildman–Crippen LogP) is 2.79. The van der Waals surface area contributed by atoms with Gasteiger partial charge in [0, 0.05) is 12.6 Å². The first kappa shape index (κ1) is 15.2. The van der Waals surface area contributed by atoms with Crippen molar-refractivity contribution in [2.24, 2.45) is 5.10 Å². The Labute approximate surface area is 127 Å². The van der Waals surface area contributed by atoms with Gasteiger partial charge in [0.25, 0.3) is 0 Å². The molecule has 2 rings (SSSR count). The van der Waals surface area contributed by atoms with Crippen molar-refractivity contribution in [2.75, 3.05) is 10.7 Å². The highest BCUT2D eigenvalue weighted by Gasteiger charge is 2.02. The van der Waals surface area contributed by atoms with E-state index >= 15 is 0 Å². The largest absolute Gasteiger partial charge is 0.478 e. The molecule has 3 N–H and O–H groups in total. The number of benzene rings is 2. The first-order valence-electron chi connectivity index (χ1n) is 6.55. The van der Waals surface area contributed by atoms with Crippen LogP contribution in [-0.2, 0) is 4.79 Å². The molecule has 6 nitrogen and oxygen atoms in total. The molecule has 0 heterocycles. The Bertz CT molecular complexity index is 709. The molecule has 22 heavy (non-hydrogen) atoms. The Morgan fingerprint density at radius 1 is 1.09 bits per heavy atom. The van der Waals surface area contributed by atoms with E-state index in [2.05, 4.69) is 15.8 Å². The number of anilines is 2. The minimum Gasteiger partial charge on any atom is -0.478 e. The van der Waals surface area contributed by atoms with Crippen LogP contribution in [0.3, 0.4) is 0 Å². The van der Waals surface area contributed by atoms with Gasteiger partial charge in [-0.2, -0.15) is 5.10 Å². The molecule has 0 spiro atoms. The maximum Gasteiger partial charge on any atom is 0.335 e. The Morgan fingerprint density at radius 3 is 2.45 bits per heavy atom. The van der Waals surface area contributed by atoms with Crippen LogP contribution in [-0.4, -0.2) is 23.2 Å². The van der Waals surface area contributed by atoms with Crippen molar-refractivity contribution in [3.05, 3.63) is 59.7 Å². The summed E-state index contributed by atoms with van der Waals surface area (Å²) in [4.78, 5) is 21.8. The van der Waals surface area contributed by atoms with Crippen LogP contribution < -0.4 is 10.7 Å². The lowest BCUT2D eigenvalue weighted by Crippen LogP contribution is -2.05. The lowest BCUT2D eigenvalue weighted by molar-refractivity contribution is -0.114. The van der Waals surface area contributed by atoms with E-state index in [1.165, 1.54) is 19.1 Å². The SMILES string of the molecule is CC(=O)Nc1ccc(/C=N\Nc2cccc(C(=O)O)c2)cc1. The molecule has 0 radical (unpaired) electrons. The van der Waals surface area contributed by atoms with Gasteiger partial charge in [0.05, 0.1) is 17.5 Å². The normalized spacial score (nSPS) is 10.4. The first-order chi connectivity index (χ1) is 10.5. The Morgan fingerprint density at radius 2 is 1.82 bits per heavy atom. The van der Waals surface area contributed by atoms with Crippen LogP contribution in [0.4, 0.5) is 11.4 Å². The van der Waals surface area contributed by atoms with Gasteiger partial charge in [0.1, 0.15) is 0 Å². The van der Waals surface area contributed by atoms with Crippen LogP contribution >= 0.6 is 0 Å². The van der Waals surface area contributed by atoms with Crippen LogP contribution in [0.5, 0.6) is 0 Å². The third-order valence-electron chi connectivity index (χ3n) is 2.75. The molecule has 0 aliphatic rings. The second kappa shape index (κ2) is 7.03. The van der Waals surface area contributed by atoms with E-state index in [0.717, 1.165) is 5.56 Å². The molecule has 0 atom stereocenters. The van der Waals surface area contributed by atoms with E-state index in [4.69, 9.17) is 5.11 Å². The number of hydrogen-bond acceptors (Lipinski definition) is 4. The second-order valence-electron chi connectivity index (χ2n) is 4.56. The van der Waals surface area contributed by atoms with Crippen molar-refractivity contribution in [3.8, 4) is 0 Å². The number of carbonyl (C=O) groups is 2. The second-order valence-corrected chi connectivity index (χ2v) is 4.56. The van der Waals surface area contributed by atoms with Crippen LogP contribution in [0, 0.1) is 0 Å². The standard InChI is InChI=1S/C16H15N3O3/c1-11(20)18-14-7-5-12(6-8-14)10-17-19-15-4-2-3-13(9-15)16(21)22/h2-10,19H,1H3,(H,18,20)(H,21,22)/b17-10-. The van der Waals surface area contributed by atoms with Gasteiger partial charge >= 0.3 is 5.97 Å². The first-order valence-corrected chi connectivity index (χ1v) is 6.55. The minimum absolute atomic E-state index is 0.124. The highest BCUT2D eigenvalue weighted by Crippen LogP contribution is 2.11. The summed E-state index contributed by atoms with van der Waals surface area (Å²) in [5.74, 6) is -1.11. The highest BCUT2D eigenvalue weighted by molar-refractivity contribution is 5.90. The van der Waals surface area contributed by atoms with Gasteiger partial charge in [-0.05, 0) is 35.9 Å². The molecule has 0 saturated carbocycles. The fraction of sp³-hybridized carbons (Fsp3) is 0.0625. The van der Waals surface area contributed by atoms with E-state index in [1.807, 2.05) is 12.1 Å². The van der Waals surface area contributed by atoms with Crippen molar-refractivity contribution in [1.29, 1.82) is 0 Å². The molecule has 1 amide bonds. The Hall–Kier alpha value is -3.15. The maximum atomic E-state index is 10.9.